The van der Waals surface area contributed by atoms with Crippen molar-refractivity contribution in [2.24, 2.45) is 0 Å². The molecule has 0 unspecified atom stereocenters. The van der Waals surface area contributed by atoms with Crippen molar-refractivity contribution >= 4 is 5.91 Å². The summed E-state index contributed by atoms with van der Waals surface area (Å²) in [6, 6.07) is -0.233. The quantitative estimate of drug-likeness (QED) is 0.845. The zero-order valence-corrected chi connectivity index (χ0v) is 9.88. The van der Waals surface area contributed by atoms with Gasteiger partial charge in [-0.15, -0.1) is 0 Å². The first-order valence-electron chi connectivity index (χ1n) is 5.88. The van der Waals surface area contributed by atoms with Gasteiger partial charge in [0.15, 0.2) is 5.82 Å². The lowest BCUT2D eigenvalue weighted by Crippen LogP contribution is -2.27. The van der Waals surface area contributed by atoms with Crippen LogP contribution >= 0.6 is 0 Å². The lowest BCUT2D eigenvalue weighted by molar-refractivity contribution is 0.0894. The average molecular weight is 247 g/mol. The second kappa shape index (κ2) is 4.25. The minimum atomic E-state index is -0.377. The molecular weight excluding hydrogens is 234 g/mol. The molecule has 1 aliphatic carbocycles. The minimum absolute atomic E-state index is 0.00954. The van der Waals surface area contributed by atoms with Crippen molar-refractivity contribution < 1.29 is 9.32 Å². The molecule has 1 saturated carbocycles. The van der Waals surface area contributed by atoms with Gasteiger partial charge in [-0.25, -0.2) is 4.98 Å². The van der Waals surface area contributed by atoms with Crippen LogP contribution in [0.1, 0.15) is 54.1 Å². The van der Waals surface area contributed by atoms with Crippen LogP contribution in [0.5, 0.6) is 0 Å². The van der Waals surface area contributed by atoms with Crippen LogP contribution in [-0.4, -0.2) is 26.0 Å². The molecule has 0 aliphatic heterocycles. The van der Waals surface area contributed by atoms with Crippen LogP contribution < -0.4 is 5.32 Å². The molecule has 0 spiro atoms. The Balaban J connectivity index is 1.66. The standard InChI is InChI=1S/C11H13N5O2/c1-6(8-12-4-5-13-8)14-10(17)11-15-9(16-18-11)7-2-3-7/h4-7H,2-3H2,1H3,(H,12,13)(H,14,17)/t6-/m1/s1. The number of carbonyl (C=O) groups excluding carboxylic acids is 1. The lowest BCUT2D eigenvalue weighted by Gasteiger charge is -2.08. The molecule has 1 fully saturated rings. The first kappa shape index (κ1) is 10.9. The number of hydrogen-bond acceptors (Lipinski definition) is 5. The molecule has 94 valence electrons. The van der Waals surface area contributed by atoms with Gasteiger partial charge >= 0.3 is 11.8 Å². The second-order valence-corrected chi connectivity index (χ2v) is 4.40. The summed E-state index contributed by atoms with van der Waals surface area (Å²) in [5, 5.41) is 6.54. The first-order chi connectivity index (χ1) is 8.74. The van der Waals surface area contributed by atoms with E-state index in [-0.39, 0.29) is 17.8 Å². The van der Waals surface area contributed by atoms with Gasteiger partial charge in [-0.1, -0.05) is 5.16 Å². The maximum absolute atomic E-state index is 11.9. The Morgan fingerprint density at radius 3 is 3.11 bits per heavy atom. The fourth-order valence-electron chi connectivity index (χ4n) is 1.68. The van der Waals surface area contributed by atoms with E-state index < -0.39 is 0 Å². The number of rotatable bonds is 4. The third-order valence-electron chi connectivity index (χ3n) is 2.86. The number of nitrogens with one attached hydrogen (secondary N) is 2. The van der Waals surface area contributed by atoms with Crippen molar-refractivity contribution in [1.82, 2.24) is 25.4 Å². The highest BCUT2D eigenvalue weighted by Crippen LogP contribution is 2.38. The van der Waals surface area contributed by atoms with Crippen LogP contribution in [0, 0.1) is 0 Å². The molecule has 0 aromatic carbocycles. The van der Waals surface area contributed by atoms with E-state index in [0.29, 0.717) is 17.6 Å². The van der Waals surface area contributed by atoms with E-state index >= 15 is 0 Å². The van der Waals surface area contributed by atoms with Crippen LogP contribution in [0.4, 0.5) is 0 Å². The predicted octanol–water partition coefficient (Wildman–Crippen LogP) is 1.16. The summed E-state index contributed by atoms with van der Waals surface area (Å²) < 4.78 is 4.94. The van der Waals surface area contributed by atoms with Crippen molar-refractivity contribution in [2.75, 3.05) is 0 Å². The number of imidazole rings is 1. The van der Waals surface area contributed by atoms with Crippen LogP contribution in [0.2, 0.25) is 0 Å². The Hall–Kier alpha value is -2.18. The number of H-pyrrole nitrogens is 1. The number of aromatic nitrogens is 4. The fourth-order valence-corrected chi connectivity index (χ4v) is 1.68. The molecule has 2 aromatic heterocycles. The third-order valence-corrected chi connectivity index (χ3v) is 2.86. The van der Waals surface area contributed by atoms with Gasteiger partial charge < -0.3 is 14.8 Å². The number of carbonyl (C=O) groups is 1. The smallest absolute Gasteiger partial charge is 0.315 e. The largest absolute Gasteiger partial charge is 0.347 e. The van der Waals surface area contributed by atoms with Gasteiger partial charge in [0.25, 0.3) is 0 Å². The van der Waals surface area contributed by atoms with E-state index in [2.05, 4.69) is 25.4 Å². The Kier molecular flexibility index (Phi) is 2.58. The zero-order chi connectivity index (χ0) is 12.5. The molecular formula is C11H13N5O2. The van der Waals surface area contributed by atoms with Crippen molar-refractivity contribution in [3.05, 3.63) is 29.9 Å². The van der Waals surface area contributed by atoms with Gasteiger partial charge in [-0.3, -0.25) is 4.79 Å². The van der Waals surface area contributed by atoms with E-state index in [1.807, 2.05) is 6.92 Å². The Morgan fingerprint density at radius 2 is 2.44 bits per heavy atom. The molecule has 1 atom stereocenters. The molecule has 1 amide bonds. The SMILES string of the molecule is C[C@@H](NC(=O)c1nc(C2CC2)no1)c1ncc[nH]1. The van der Waals surface area contributed by atoms with Crippen molar-refractivity contribution in [3.63, 3.8) is 0 Å². The summed E-state index contributed by atoms with van der Waals surface area (Å²) >= 11 is 0. The van der Waals surface area contributed by atoms with Gasteiger partial charge in [0, 0.05) is 18.3 Å². The summed E-state index contributed by atoms with van der Waals surface area (Å²) in [5.41, 5.74) is 0. The molecule has 3 rings (SSSR count). The highest BCUT2D eigenvalue weighted by Gasteiger charge is 2.30. The number of nitrogens with zero attached hydrogens (tertiary/aromatic N) is 3. The lowest BCUT2D eigenvalue weighted by atomic mass is 10.3. The Labute approximate surface area is 103 Å². The monoisotopic (exact) mass is 247 g/mol. The summed E-state index contributed by atoms with van der Waals surface area (Å²) in [7, 11) is 0. The van der Waals surface area contributed by atoms with Crippen molar-refractivity contribution in [1.29, 1.82) is 0 Å². The molecule has 0 saturated heterocycles. The molecule has 0 radical (unpaired) electrons. The topological polar surface area (TPSA) is 96.7 Å². The maximum atomic E-state index is 11.9. The van der Waals surface area contributed by atoms with Crippen LogP contribution in [0.15, 0.2) is 16.9 Å². The van der Waals surface area contributed by atoms with E-state index in [4.69, 9.17) is 4.52 Å². The average Bonchev–Trinajstić information content (AvgIpc) is 2.91. The molecule has 2 heterocycles. The highest BCUT2D eigenvalue weighted by atomic mass is 16.5. The molecule has 0 bridgehead atoms. The second-order valence-electron chi connectivity index (χ2n) is 4.40. The fraction of sp³-hybridized carbons (Fsp3) is 0.455. The Morgan fingerprint density at radius 1 is 1.61 bits per heavy atom. The van der Waals surface area contributed by atoms with Gasteiger partial charge in [0.1, 0.15) is 5.82 Å². The van der Waals surface area contributed by atoms with E-state index in [0.717, 1.165) is 12.8 Å². The van der Waals surface area contributed by atoms with Crippen LogP contribution in [-0.2, 0) is 0 Å². The molecule has 2 N–H and O–H groups in total. The van der Waals surface area contributed by atoms with Crippen LogP contribution in [0.25, 0.3) is 0 Å². The molecule has 1 aliphatic rings. The number of aromatic amines is 1. The van der Waals surface area contributed by atoms with Gasteiger partial charge in [0.2, 0.25) is 0 Å². The van der Waals surface area contributed by atoms with Crippen molar-refractivity contribution in [3.8, 4) is 0 Å². The zero-order valence-electron chi connectivity index (χ0n) is 9.88. The molecule has 18 heavy (non-hydrogen) atoms. The predicted molar refractivity (Wildman–Crippen MR) is 60.7 cm³/mol. The van der Waals surface area contributed by atoms with E-state index in [1.165, 1.54) is 0 Å². The number of amides is 1. The third kappa shape index (κ3) is 2.11. The van der Waals surface area contributed by atoms with Gasteiger partial charge in [-0.05, 0) is 19.8 Å². The number of hydrogen-bond donors (Lipinski definition) is 2. The van der Waals surface area contributed by atoms with E-state index in [1.54, 1.807) is 12.4 Å². The summed E-state index contributed by atoms with van der Waals surface area (Å²) in [6.45, 7) is 1.83. The van der Waals surface area contributed by atoms with Crippen molar-refractivity contribution in [2.45, 2.75) is 31.7 Å². The maximum Gasteiger partial charge on any atom is 0.315 e. The highest BCUT2D eigenvalue weighted by molar-refractivity contribution is 5.89. The molecule has 7 nitrogen and oxygen atoms in total. The van der Waals surface area contributed by atoms with Crippen LogP contribution in [0.3, 0.4) is 0 Å². The summed E-state index contributed by atoms with van der Waals surface area (Å²) in [5.74, 6) is 1.32. The summed E-state index contributed by atoms with van der Waals surface area (Å²) in [4.78, 5) is 22.9. The van der Waals surface area contributed by atoms with Gasteiger partial charge in [0.05, 0.1) is 6.04 Å². The van der Waals surface area contributed by atoms with E-state index in [9.17, 15) is 4.79 Å². The Bertz CT molecular complexity index is 544. The molecule has 7 heteroatoms. The first-order valence-corrected chi connectivity index (χ1v) is 5.88. The van der Waals surface area contributed by atoms with Gasteiger partial charge in [-0.2, -0.15) is 4.98 Å². The summed E-state index contributed by atoms with van der Waals surface area (Å²) in [6.07, 6.45) is 5.48. The molecule has 2 aromatic rings. The minimum Gasteiger partial charge on any atom is -0.347 e. The normalized spacial score (nSPS) is 16.5.